The molecule has 166 valence electrons. The second kappa shape index (κ2) is 8.07. The van der Waals surface area contributed by atoms with Gasteiger partial charge in [-0.25, -0.2) is 0 Å². The third kappa shape index (κ3) is 3.92. The van der Waals surface area contributed by atoms with E-state index in [0.29, 0.717) is 35.5 Å². The van der Waals surface area contributed by atoms with Gasteiger partial charge in [-0.05, 0) is 60.9 Å². The summed E-state index contributed by atoms with van der Waals surface area (Å²) in [7, 11) is 0. The molecule has 1 aliphatic heterocycles. The number of aliphatic hydroxyl groups excluding tert-OH is 1. The van der Waals surface area contributed by atoms with Crippen LogP contribution in [0, 0.1) is 5.41 Å². The molecule has 0 spiro atoms. The smallest absolute Gasteiger partial charge is 0.256 e. The van der Waals surface area contributed by atoms with Gasteiger partial charge in [-0.3, -0.25) is 14.4 Å². The van der Waals surface area contributed by atoms with Gasteiger partial charge in [0.2, 0.25) is 11.8 Å². The first-order valence-electron chi connectivity index (χ1n) is 10.6. The van der Waals surface area contributed by atoms with Crippen LogP contribution in [-0.2, 0) is 21.0 Å². The number of nitrogens with one attached hydrogen (secondary N) is 4. The standard InChI is InChI=1S/C25H22N4O4/c30-14-15-3-5-16(6-4-15)27-23(32)25(9-10-25)24(33)28-18-7-8-19-20(12-17-2-1-11-26-17)22(31)29-21(19)13-18/h1-8,11-13,26,30H,9-10,14H2,(H,27,32)(H,28,33)(H,29,31). The summed E-state index contributed by atoms with van der Waals surface area (Å²) < 4.78 is 0. The van der Waals surface area contributed by atoms with Gasteiger partial charge in [0.1, 0.15) is 5.41 Å². The summed E-state index contributed by atoms with van der Waals surface area (Å²) in [5, 5.41) is 17.6. The summed E-state index contributed by atoms with van der Waals surface area (Å²) in [5.74, 6) is -0.950. The molecule has 1 aromatic heterocycles. The van der Waals surface area contributed by atoms with Crippen LogP contribution in [-0.4, -0.2) is 27.8 Å². The van der Waals surface area contributed by atoms with Crippen molar-refractivity contribution in [2.45, 2.75) is 19.4 Å². The molecule has 2 aromatic carbocycles. The highest BCUT2D eigenvalue weighted by Crippen LogP contribution is 2.48. The van der Waals surface area contributed by atoms with E-state index in [1.54, 1.807) is 54.7 Å². The Morgan fingerprint density at radius 2 is 1.70 bits per heavy atom. The minimum absolute atomic E-state index is 0.0783. The fourth-order valence-electron chi connectivity index (χ4n) is 3.88. The highest BCUT2D eigenvalue weighted by Gasteiger charge is 2.56. The quantitative estimate of drug-likeness (QED) is 0.297. The number of fused-ring (bicyclic) bond motifs is 1. The molecule has 8 heteroatoms. The van der Waals surface area contributed by atoms with Crippen LogP contribution >= 0.6 is 0 Å². The van der Waals surface area contributed by atoms with Gasteiger partial charge in [0, 0.05) is 28.8 Å². The molecule has 5 N–H and O–H groups in total. The van der Waals surface area contributed by atoms with Crippen LogP contribution in [0.5, 0.6) is 0 Å². The lowest BCUT2D eigenvalue weighted by atomic mass is 10.0. The summed E-state index contributed by atoms with van der Waals surface area (Å²) in [4.78, 5) is 41.2. The first-order valence-corrected chi connectivity index (χ1v) is 10.6. The average Bonchev–Trinajstić information content (AvgIpc) is 3.37. The number of benzene rings is 2. The van der Waals surface area contributed by atoms with Gasteiger partial charge >= 0.3 is 0 Å². The Labute approximate surface area is 189 Å². The second-order valence-electron chi connectivity index (χ2n) is 8.24. The molecule has 5 rings (SSSR count). The maximum Gasteiger partial charge on any atom is 0.256 e. The van der Waals surface area contributed by atoms with Crippen molar-refractivity contribution in [3.63, 3.8) is 0 Å². The number of rotatable bonds is 6. The highest BCUT2D eigenvalue weighted by atomic mass is 16.3. The minimum Gasteiger partial charge on any atom is -0.392 e. The minimum atomic E-state index is -1.11. The summed E-state index contributed by atoms with van der Waals surface area (Å²) >= 11 is 0. The molecule has 1 fully saturated rings. The Morgan fingerprint density at radius 3 is 2.33 bits per heavy atom. The molecular weight excluding hydrogens is 420 g/mol. The number of hydrogen-bond acceptors (Lipinski definition) is 4. The van der Waals surface area contributed by atoms with E-state index in [2.05, 4.69) is 20.9 Å². The van der Waals surface area contributed by atoms with Crippen molar-refractivity contribution in [1.82, 2.24) is 4.98 Å². The van der Waals surface area contributed by atoms with E-state index in [-0.39, 0.29) is 24.3 Å². The maximum absolute atomic E-state index is 13.0. The SMILES string of the molecule is O=C1Nc2cc(NC(=O)C3(C(=O)Nc4ccc(CO)cc4)CC3)ccc2C1=Cc1ccc[nH]1. The lowest BCUT2D eigenvalue weighted by Gasteiger charge is -2.16. The first-order chi connectivity index (χ1) is 16.0. The van der Waals surface area contributed by atoms with Crippen molar-refractivity contribution in [2.24, 2.45) is 5.41 Å². The highest BCUT2D eigenvalue weighted by molar-refractivity contribution is 6.35. The van der Waals surface area contributed by atoms with Gasteiger partial charge < -0.3 is 26.0 Å². The van der Waals surface area contributed by atoms with Gasteiger partial charge in [0.15, 0.2) is 0 Å². The van der Waals surface area contributed by atoms with Crippen molar-refractivity contribution in [3.8, 4) is 0 Å². The third-order valence-corrected chi connectivity index (χ3v) is 6.00. The predicted molar refractivity (Wildman–Crippen MR) is 125 cm³/mol. The van der Waals surface area contributed by atoms with Crippen molar-refractivity contribution in [3.05, 3.63) is 77.6 Å². The predicted octanol–water partition coefficient (Wildman–Crippen LogP) is 3.36. The van der Waals surface area contributed by atoms with Crippen molar-refractivity contribution in [2.75, 3.05) is 16.0 Å². The fraction of sp³-hybridized carbons (Fsp3) is 0.160. The fourth-order valence-corrected chi connectivity index (χ4v) is 3.88. The molecule has 0 saturated heterocycles. The average molecular weight is 442 g/mol. The lowest BCUT2D eigenvalue weighted by Crippen LogP contribution is -2.35. The molecule has 33 heavy (non-hydrogen) atoms. The number of aliphatic hydroxyl groups is 1. The van der Waals surface area contributed by atoms with Crippen molar-refractivity contribution >= 4 is 46.4 Å². The molecule has 0 radical (unpaired) electrons. The molecule has 1 aliphatic carbocycles. The molecule has 0 unspecified atom stereocenters. The second-order valence-corrected chi connectivity index (χ2v) is 8.24. The summed E-state index contributed by atoms with van der Waals surface area (Å²) in [6.45, 7) is -0.0783. The van der Waals surface area contributed by atoms with E-state index < -0.39 is 5.41 Å². The number of hydrogen-bond donors (Lipinski definition) is 5. The number of aromatic amines is 1. The van der Waals surface area contributed by atoms with E-state index in [1.807, 2.05) is 12.1 Å². The summed E-state index contributed by atoms with van der Waals surface area (Å²) in [6.07, 6.45) is 4.48. The zero-order valence-corrected chi connectivity index (χ0v) is 17.6. The molecule has 2 aliphatic rings. The number of carbonyl (C=O) groups excluding carboxylic acids is 3. The molecule has 1 saturated carbocycles. The van der Waals surface area contributed by atoms with E-state index >= 15 is 0 Å². The molecule has 0 atom stereocenters. The zero-order valence-electron chi connectivity index (χ0n) is 17.6. The van der Waals surface area contributed by atoms with Crippen LogP contribution in [0.3, 0.4) is 0 Å². The Bertz CT molecular complexity index is 1270. The molecule has 2 heterocycles. The Morgan fingerprint density at radius 1 is 1.00 bits per heavy atom. The van der Waals surface area contributed by atoms with Crippen LogP contribution in [0.2, 0.25) is 0 Å². The topological polar surface area (TPSA) is 123 Å². The van der Waals surface area contributed by atoms with Gasteiger partial charge in [-0.1, -0.05) is 18.2 Å². The number of carbonyl (C=O) groups is 3. The van der Waals surface area contributed by atoms with Crippen LogP contribution in [0.4, 0.5) is 17.1 Å². The molecule has 8 nitrogen and oxygen atoms in total. The van der Waals surface area contributed by atoms with E-state index in [4.69, 9.17) is 5.11 Å². The lowest BCUT2D eigenvalue weighted by molar-refractivity contribution is -0.131. The van der Waals surface area contributed by atoms with Crippen LogP contribution in [0.1, 0.15) is 29.7 Å². The Hall–Kier alpha value is -4.17. The van der Waals surface area contributed by atoms with Gasteiger partial charge in [-0.15, -0.1) is 0 Å². The number of H-pyrrole nitrogens is 1. The molecular formula is C25H22N4O4. The monoisotopic (exact) mass is 442 g/mol. The van der Waals surface area contributed by atoms with Crippen LogP contribution < -0.4 is 16.0 Å². The van der Waals surface area contributed by atoms with E-state index in [0.717, 1.165) is 16.8 Å². The number of anilines is 3. The Kier molecular flexibility index (Phi) is 5.07. The molecule has 0 bridgehead atoms. The molecule has 3 aromatic rings. The van der Waals surface area contributed by atoms with E-state index in [9.17, 15) is 14.4 Å². The Balaban J connectivity index is 1.29. The normalized spacial score (nSPS) is 16.8. The van der Waals surface area contributed by atoms with Gasteiger partial charge in [0.05, 0.1) is 17.9 Å². The summed E-state index contributed by atoms with van der Waals surface area (Å²) in [5.41, 5.74) is 3.41. The molecule has 3 amide bonds. The van der Waals surface area contributed by atoms with Crippen molar-refractivity contribution < 1.29 is 19.5 Å². The van der Waals surface area contributed by atoms with Crippen LogP contribution in [0.15, 0.2) is 60.8 Å². The van der Waals surface area contributed by atoms with Gasteiger partial charge in [0.25, 0.3) is 5.91 Å². The zero-order chi connectivity index (χ0) is 23.0. The number of amides is 3. The first kappa shape index (κ1) is 20.7. The summed E-state index contributed by atoms with van der Waals surface area (Å²) in [6, 6.07) is 15.7. The van der Waals surface area contributed by atoms with Gasteiger partial charge in [-0.2, -0.15) is 0 Å². The maximum atomic E-state index is 13.0. The van der Waals surface area contributed by atoms with Crippen LogP contribution in [0.25, 0.3) is 11.6 Å². The van der Waals surface area contributed by atoms with Crippen molar-refractivity contribution in [1.29, 1.82) is 0 Å². The number of aromatic nitrogens is 1. The third-order valence-electron chi connectivity index (χ3n) is 6.00. The van der Waals surface area contributed by atoms with E-state index in [1.165, 1.54) is 0 Å². The largest absolute Gasteiger partial charge is 0.392 e.